The minimum atomic E-state index is -6.72. The van der Waals surface area contributed by atoms with Gasteiger partial charge in [0.2, 0.25) is 6.33 Å². The van der Waals surface area contributed by atoms with Crippen LogP contribution in [0.1, 0.15) is 13.3 Å². The van der Waals surface area contributed by atoms with Crippen LogP contribution in [0.2, 0.25) is 0 Å². The molecule has 0 radical (unpaired) electrons. The van der Waals surface area contributed by atoms with Crippen LogP contribution >= 0.6 is 0 Å². The lowest BCUT2D eigenvalue weighted by Gasteiger charge is -2.22. The van der Waals surface area contributed by atoms with E-state index >= 15 is 0 Å². The molecule has 142 valence electrons. The molecule has 0 aromatic carbocycles. The standard InChI is InChI=1S/C7H13N2.C2F6NO4S2/c1-3-4-9-6-5-8(2)7-9;3-1(4,5)14(10,11)9-15(12,13)2(6,7)8/h5-7H,3-4H2,1-2H3;/q+1;-1. The Balaban J connectivity index is 0.000000496. The summed E-state index contributed by atoms with van der Waals surface area (Å²) in [6.45, 7) is 3.31. The number of hydrogen-bond donors (Lipinski definition) is 0. The van der Waals surface area contributed by atoms with Crippen molar-refractivity contribution in [2.45, 2.75) is 30.9 Å². The van der Waals surface area contributed by atoms with Gasteiger partial charge in [-0.2, -0.15) is 26.3 Å². The molecule has 0 saturated carbocycles. The monoisotopic (exact) mass is 405 g/mol. The molecular weight excluding hydrogens is 392 g/mol. The van der Waals surface area contributed by atoms with Crippen molar-refractivity contribution >= 4 is 20.0 Å². The van der Waals surface area contributed by atoms with Crippen molar-refractivity contribution in [2.75, 3.05) is 0 Å². The topological polar surface area (TPSA) is 91.2 Å². The highest BCUT2D eigenvalue weighted by Crippen LogP contribution is 2.36. The van der Waals surface area contributed by atoms with Crippen LogP contribution in [0.4, 0.5) is 26.3 Å². The Hall–Kier alpha value is -1.35. The van der Waals surface area contributed by atoms with Gasteiger partial charge in [-0.3, -0.25) is 0 Å². The van der Waals surface area contributed by atoms with Gasteiger partial charge in [-0.25, -0.2) is 26.0 Å². The quantitative estimate of drug-likeness (QED) is 0.564. The normalized spacial score (nSPS) is 13.3. The number of aromatic nitrogens is 2. The smallest absolute Gasteiger partial charge is 0.421 e. The Morgan fingerprint density at radius 2 is 1.42 bits per heavy atom. The van der Waals surface area contributed by atoms with Crippen LogP contribution in [-0.4, -0.2) is 32.4 Å². The average molecular weight is 405 g/mol. The molecule has 0 aliphatic carbocycles. The van der Waals surface area contributed by atoms with Crippen LogP contribution in [0, 0.1) is 0 Å². The number of rotatable bonds is 4. The molecule has 0 bridgehead atoms. The molecule has 0 spiro atoms. The number of alkyl halides is 6. The number of nitrogens with zero attached hydrogens (tertiary/aromatic N) is 3. The average Bonchev–Trinajstić information content (AvgIpc) is 2.72. The van der Waals surface area contributed by atoms with E-state index in [4.69, 9.17) is 0 Å². The van der Waals surface area contributed by atoms with Gasteiger partial charge in [0.25, 0.3) is 0 Å². The second-order valence-electron chi connectivity index (χ2n) is 4.23. The van der Waals surface area contributed by atoms with Gasteiger partial charge in [-0.1, -0.05) is 6.92 Å². The molecule has 0 aliphatic rings. The zero-order valence-corrected chi connectivity index (χ0v) is 13.8. The largest absolute Gasteiger partial charge is 0.480 e. The van der Waals surface area contributed by atoms with Crippen molar-refractivity contribution in [3.63, 3.8) is 0 Å². The van der Waals surface area contributed by atoms with Crippen molar-refractivity contribution < 1.29 is 47.7 Å². The van der Waals surface area contributed by atoms with E-state index in [1.54, 1.807) is 0 Å². The molecular formula is C9H13F6N3O4S2. The summed E-state index contributed by atoms with van der Waals surface area (Å²) >= 11 is 0. The maximum atomic E-state index is 11.4. The first kappa shape index (κ1) is 22.6. The van der Waals surface area contributed by atoms with Gasteiger partial charge >= 0.3 is 11.0 Å². The Morgan fingerprint density at radius 1 is 1.00 bits per heavy atom. The van der Waals surface area contributed by atoms with E-state index in [1.807, 2.05) is 7.05 Å². The van der Waals surface area contributed by atoms with Gasteiger partial charge in [-0.05, 0) is 6.42 Å². The Kier molecular flexibility index (Phi) is 7.26. The Morgan fingerprint density at radius 3 is 1.67 bits per heavy atom. The summed E-state index contributed by atoms with van der Waals surface area (Å²) in [5.41, 5.74) is -12.4. The first-order valence-corrected chi connectivity index (χ1v) is 8.79. The molecule has 0 atom stereocenters. The fraction of sp³-hybridized carbons (Fsp3) is 0.667. The molecule has 1 heterocycles. The van der Waals surface area contributed by atoms with E-state index in [1.165, 1.54) is 6.42 Å². The zero-order chi connectivity index (χ0) is 19.4. The highest BCUT2D eigenvalue weighted by atomic mass is 32.3. The van der Waals surface area contributed by atoms with Gasteiger partial charge < -0.3 is 4.13 Å². The molecule has 1 aromatic heterocycles. The molecule has 0 aliphatic heterocycles. The van der Waals surface area contributed by atoms with E-state index < -0.39 is 31.1 Å². The van der Waals surface area contributed by atoms with E-state index in [-0.39, 0.29) is 0 Å². The van der Waals surface area contributed by atoms with Crippen molar-refractivity contribution in [3.05, 3.63) is 22.8 Å². The zero-order valence-electron chi connectivity index (χ0n) is 12.2. The highest BCUT2D eigenvalue weighted by molar-refractivity contribution is 8.13. The van der Waals surface area contributed by atoms with E-state index in [9.17, 15) is 43.2 Å². The van der Waals surface area contributed by atoms with Crippen LogP contribution < -0.4 is 4.57 Å². The van der Waals surface area contributed by atoms with Crippen molar-refractivity contribution in [2.24, 2.45) is 7.05 Å². The number of hydrogen-bond acceptors (Lipinski definition) is 4. The predicted molar refractivity (Wildman–Crippen MR) is 69.2 cm³/mol. The fourth-order valence-corrected chi connectivity index (χ4v) is 2.82. The Bertz CT molecular complexity index is 694. The third-order valence-corrected chi connectivity index (χ3v) is 4.83. The summed E-state index contributed by atoms with van der Waals surface area (Å²) in [6, 6.07) is 0. The predicted octanol–water partition coefficient (Wildman–Crippen LogP) is 1.78. The second kappa shape index (κ2) is 7.69. The molecule has 7 nitrogen and oxygen atoms in total. The lowest BCUT2D eigenvalue weighted by atomic mass is 10.5. The van der Waals surface area contributed by atoms with Crippen molar-refractivity contribution in [3.8, 4) is 0 Å². The lowest BCUT2D eigenvalue weighted by molar-refractivity contribution is -0.671. The fourth-order valence-electron chi connectivity index (χ4n) is 1.11. The van der Waals surface area contributed by atoms with Gasteiger partial charge in [0.15, 0.2) is 20.0 Å². The van der Waals surface area contributed by atoms with Gasteiger partial charge in [0, 0.05) is 0 Å². The molecule has 0 fully saturated rings. The number of sulfonamides is 2. The van der Waals surface area contributed by atoms with Crippen LogP contribution in [0.25, 0.3) is 4.13 Å². The summed E-state index contributed by atoms with van der Waals surface area (Å²) in [5, 5.41) is 0. The summed E-state index contributed by atoms with van der Waals surface area (Å²) < 4.78 is 113. The molecule has 0 unspecified atom stereocenters. The summed E-state index contributed by atoms with van der Waals surface area (Å²) in [4.78, 5) is 0. The molecule has 0 N–H and O–H groups in total. The number of imidazole rings is 1. The van der Waals surface area contributed by atoms with Crippen LogP contribution in [0.3, 0.4) is 0 Å². The Labute approximate surface area is 134 Å². The molecule has 0 saturated heterocycles. The van der Waals surface area contributed by atoms with Crippen LogP contribution in [0.5, 0.6) is 0 Å². The minimum Gasteiger partial charge on any atom is -0.421 e. The molecule has 24 heavy (non-hydrogen) atoms. The van der Waals surface area contributed by atoms with Crippen LogP contribution in [0.15, 0.2) is 18.7 Å². The first-order valence-electron chi connectivity index (χ1n) is 5.91. The first-order chi connectivity index (χ1) is 10.5. The summed E-state index contributed by atoms with van der Waals surface area (Å²) in [7, 11) is -11.4. The second-order valence-corrected chi connectivity index (χ2v) is 7.66. The summed E-state index contributed by atoms with van der Waals surface area (Å²) in [6.07, 6.45) is 7.43. The number of halogens is 6. The molecule has 15 heteroatoms. The van der Waals surface area contributed by atoms with Crippen LogP contribution in [-0.2, 0) is 33.6 Å². The highest BCUT2D eigenvalue weighted by Gasteiger charge is 2.46. The number of aryl methyl sites for hydroxylation is 2. The van der Waals surface area contributed by atoms with E-state index in [0.29, 0.717) is 0 Å². The maximum Gasteiger partial charge on any atom is 0.480 e. The van der Waals surface area contributed by atoms with Gasteiger partial charge in [0.1, 0.15) is 12.4 Å². The molecule has 1 aromatic rings. The van der Waals surface area contributed by atoms with Gasteiger partial charge in [0.05, 0.1) is 13.6 Å². The maximum absolute atomic E-state index is 11.4. The molecule has 0 amide bonds. The van der Waals surface area contributed by atoms with Crippen molar-refractivity contribution in [1.82, 2.24) is 4.57 Å². The third-order valence-electron chi connectivity index (χ3n) is 2.09. The minimum absolute atomic E-state index is 0.778. The van der Waals surface area contributed by atoms with E-state index in [2.05, 4.69) is 34.8 Å². The van der Waals surface area contributed by atoms with Crippen molar-refractivity contribution in [1.29, 1.82) is 0 Å². The van der Waals surface area contributed by atoms with E-state index in [0.717, 1.165) is 10.7 Å². The molecule has 1 rings (SSSR count). The SMILES string of the molecule is CCCn1cc[n+](C)c1.O=S(=O)([N-]S(=O)(=O)C(F)(F)F)C(F)(F)F. The lowest BCUT2D eigenvalue weighted by Crippen LogP contribution is -2.30. The summed E-state index contributed by atoms with van der Waals surface area (Å²) in [5.74, 6) is 0. The van der Waals surface area contributed by atoms with Gasteiger partial charge in [-0.15, -0.1) is 0 Å². The third kappa shape index (κ3) is 6.64.